The summed E-state index contributed by atoms with van der Waals surface area (Å²) in [5.74, 6) is 1.42. The molecule has 0 aromatic heterocycles. The van der Waals surface area contributed by atoms with Crippen molar-refractivity contribution in [2.24, 2.45) is 22.7 Å². The first kappa shape index (κ1) is 16.0. The topological polar surface area (TPSA) is 46.5 Å². The average molecular weight is 406 g/mol. The molecular weight excluding hydrogens is 379 g/mol. The summed E-state index contributed by atoms with van der Waals surface area (Å²) < 4.78 is 5.34. The van der Waals surface area contributed by atoms with Crippen LogP contribution in [0.25, 0.3) is 0 Å². The van der Waals surface area contributed by atoms with Gasteiger partial charge < -0.3 is 9.84 Å². The number of carbonyl (C=O) groups excluding carboxylic acids is 1. The molecule has 21 heavy (non-hydrogen) atoms. The molecule has 0 spiro atoms. The van der Waals surface area contributed by atoms with Gasteiger partial charge in [-0.1, -0.05) is 29.5 Å². The van der Waals surface area contributed by atoms with Crippen LogP contribution in [-0.2, 0) is 9.53 Å². The highest BCUT2D eigenvalue weighted by Gasteiger charge is 2.57. The Morgan fingerprint density at radius 3 is 2.38 bits per heavy atom. The van der Waals surface area contributed by atoms with Crippen molar-refractivity contribution in [2.75, 3.05) is 13.2 Å². The van der Waals surface area contributed by atoms with Crippen molar-refractivity contribution in [3.05, 3.63) is 0 Å². The smallest absolute Gasteiger partial charge is 0.321 e. The Morgan fingerprint density at radius 2 is 1.86 bits per heavy atom. The van der Waals surface area contributed by atoms with Crippen LogP contribution in [0.15, 0.2) is 0 Å². The second kappa shape index (κ2) is 5.36. The van der Waals surface area contributed by atoms with E-state index in [0.717, 1.165) is 24.7 Å². The van der Waals surface area contributed by atoms with Crippen LogP contribution < -0.4 is 0 Å². The SMILES string of the molecule is CCC(C)(I)C(=O)OCC12CC3CC(CC(CO)(C3)C1)C2. The Morgan fingerprint density at radius 1 is 1.29 bits per heavy atom. The Labute approximate surface area is 141 Å². The summed E-state index contributed by atoms with van der Waals surface area (Å²) in [6, 6.07) is 0. The molecule has 3 atom stereocenters. The van der Waals surface area contributed by atoms with Crippen LogP contribution in [0, 0.1) is 22.7 Å². The minimum Gasteiger partial charge on any atom is -0.464 e. The van der Waals surface area contributed by atoms with Gasteiger partial charge in [0.15, 0.2) is 0 Å². The van der Waals surface area contributed by atoms with Gasteiger partial charge in [0.25, 0.3) is 0 Å². The lowest BCUT2D eigenvalue weighted by Gasteiger charge is -2.61. The maximum Gasteiger partial charge on any atom is 0.321 e. The van der Waals surface area contributed by atoms with Gasteiger partial charge in [0, 0.05) is 12.0 Å². The van der Waals surface area contributed by atoms with Crippen molar-refractivity contribution < 1.29 is 14.6 Å². The second-order valence-corrected chi connectivity index (χ2v) is 10.6. The number of aliphatic hydroxyl groups excluding tert-OH is 1. The maximum absolute atomic E-state index is 12.3. The minimum atomic E-state index is -0.408. The molecule has 0 aliphatic heterocycles. The molecule has 3 nitrogen and oxygen atoms in total. The molecule has 0 aromatic carbocycles. The number of aliphatic hydroxyl groups is 1. The number of halogens is 1. The fraction of sp³-hybridized carbons (Fsp3) is 0.941. The number of hydrogen-bond acceptors (Lipinski definition) is 3. The predicted molar refractivity (Wildman–Crippen MR) is 90.3 cm³/mol. The zero-order chi connectivity index (χ0) is 15.3. The van der Waals surface area contributed by atoms with Gasteiger partial charge in [-0.3, -0.25) is 4.79 Å². The van der Waals surface area contributed by atoms with E-state index >= 15 is 0 Å². The number of esters is 1. The molecule has 120 valence electrons. The summed E-state index contributed by atoms with van der Waals surface area (Å²) in [7, 11) is 0. The van der Waals surface area contributed by atoms with Crippen LogP contribution >= 0.6 is 22.6 Å². The molecule has 0 saturated heterocycles. The molecule has 3 unspecified atom stereocenters. The highest BCUT2D eigenvalue weighted by atomic mass is 127. The van der Waals surface area contributed by atoms with Gasteiger partial charge in [-0.25, -0.2) is 0 Å². The van der Waals surface area contributed by atoms with Gasteiger partial charge in [-0.15, -0.1) is 0 Å². The molecule has 0 aromatic rings. The van der Waals surface area contributed by atoms with Crippen LogP contribution in [0.4, 0.5) is 0 Å². The fourth-order valence-electron chi connectivity index (χ4n) is 5.52. The zero-order valence-electron chi connectivity index (χ0n) is 13.2. The molecule has 0 heterocycles. The van der Waals surface area contributed by atoms with Gasteiger partial charge in [0.2, 0.25) is 0 Å². The summed E-state index contributed by atoms with van der Waals surface area (Å²) in [6.45, 7) is 4.86. The van der Waals surface area contributed by atoms with Crippen molar-refractivity contribution in [1.29, 1.82) is 0 Å². The summed E-state index contributed by atoms with van der Waals surface area (Å²) in [6.07, 6.45) is 7.96. The van der Waals surface area contributed by atoms with Gasteiger partial charge in [0.05, 0.1) is 6.61 Å². The molecule has 4 rings (SSSR count). The fourth-order valence-corrected chi connectivity index (χ4v) is 5.67. The van der Waals surface area contributed by atoms with Gasteiger partial charge in [-0.2, -0.15) is 0 Å². The molecule has 4 aliphatic rings. The second-order valence-electron chi connectivity index (χ2n) is 8.25. The summed E-state index contributed by atoms with van der Waals surface area (Å²) in [5, 5.41) is 9.88. The Hall–Kier alpha value is 0.160. The lowest BCUT2D eigenvalue weighted by atomic mass is 9.44. The monoisotopic (exact) mass is 406 g/mol. The van der Waals surface area contributed by atoms with Crippen LogP contribution in [0.3, 0.4) is 0 Å². The Bertz CT molecular complexity index is 418. The van der Waals surface area contributed by atoms with Crippen LogP contribution in [-0.4, -0.2) is 27.7 Å². The lowest BCUT2D eigenvalue weighted by molar-refractivity contribution is -0.171. The first-order valence-electron chi connectivity index (χ1n) is 8.29. The van der Waals surface area contributed by atoms with Crippen molar-refractivity contribution in [3.63, 3.8) is 0 Å². The first-order chi connectivity index (χ1) is 9.82. The number of hydrogen-bond donors (Lipinski definition) is 1. The number of carbonyl (C=O) groups is 1. The molecule has 4 bridgehead atoms. The van der Waals surface area contributed by atoms with E-state index in [0.29, 0.717) is 13.2 Å². The molecule has 1 N–H and O–H groups in total. The summed E-state index contributed by atoms with van der Waals surface area (Å²) >= 11 is 2.20. The predicted octanol–water partition coefficient (Wildman–Crippen LogP) is 3.71. The van der Waals surface area contributed by atoms with E-state index in [-0.39, 0.29) is 16.8 Å². The van der Waals surface area contributed by atoms with E-state index in [1.807, 2.05) is 13.8 Å². The van der Waals surface area contributed by atoms with E-state index in [4.69, 9.17) is 4.74 Å². The van der Waals surface area contributed by atoms with Gasteiger partial charge in [0.1, 0.15) is 3.42 Å². The molecule has 4 aliphatic carbocycles. The summed E-state index contributed by atoms with van der Waals surface area (Å²) in [4.78, 5) is 12.3. The lowest BCUT2D eigenvalue weighted by Crippen LogP contribution is -2.55. The van der Waals surface area contributed by atoms with E-state index in [1.54, 1.807) is 0 Å². The molecular formula is C17H27IO3. The van der Waals surface area contributed by atoms with E-state index < -0.39 is 3.42 Å². The molecule has 4 saturated carbocycles. The normalized spacial score (nSPS) is 43.6. The van der Waals surface area contributed by atoms with Gasteiger partial charge in [-0.05, 0) is 69.1 Å². The highest BCUT2D eigenvalue weighted by Crippen LogP contribution is 2.65. The number of ether oxygens (including phenoxy) is 1. The van der Waals surface area contributed by atoms with E-state index in [9.17, 15) is 9.90 Å². The molecule has 4 fully saturated rings. The maximum atomic E-state index is 12.3. The number of rotatable bonds is 5. The molecule has 0 amide bonds. The van der Waals surface area contributed by atoms with Crippen LogP contribution in [0.2, 0.25) is 0 Å². The molecule has 4 heteroatoms. The average Bonchev–Trinajstić information content (AvgIpc) is 2.43. The third-order valence-electron chi connectivity index (χ3n) is 6.24. The minimum absolute atomic E-state index is 0.0700. The van der Waals surface area contributed by atoms with Crippen molar-refractivity contribution in [1.82, 2.24) is 0 Å². The van der Waals surface area contributed by atoms with E-state index in [1.165, 1.54) is 32.1 Å². The highest BCUT2D eigenvalue weighted by molar-refractivity contribution is 14.1. The summed E-state index contributed by atoms with van der Waals surface area (Å²) in [5.41, 5.74) is 0.289. The molecule has 0 radical (unpaired) electrons. The number of alkyl halides is 1. The van der Waals surface area contributed by atoms with Crippen LogP contribution in [0.5, 0.6) is 0 Å². The van der Waals surface area contributed by atoms with Crippen LogP contribution in [0.1, 0.15) is 58.8 Å². The third kappa shape index (κ3) is 2.87. The third-order valence-corrected chi connectivity index (χ3v) is 7.44. The van der Waals surface area contributed by atoms with Crippen molar-refractivity contribution in [3.8, 4) is 0 Å². The van der Waals surface area contributed by atoms with Crippen molar-refractivity contribution >= 4 is 28.6 Å². The Balaban J connectivity index is 1.69. The Kier molecular flexibility index (Phi) is 4.09. The van der Waals surface area contributed by atoms with Gasteiger partial charge >= 0.3 is 5.97 Å². The quantitative estimate of drug-likeness (QED) is 0.430. The largest absolute Gasteiger partial charge is 0.464 e. The van der Waals surface area contributed by atoms with Crippen molar-refractivity contribution in [2.45, 2.75) is 62.2 Å². The zero-order valence-corrected chi connectivity index (χ0v) is 15.3. The standard InChI is InChI=1S/C17H27IO3/c1-3-15(2,18)14(20)21-11-17-7-12-4-13(8-17)6-16(5-12,9-17)10-19/h12-13,19H,3-11H2,1-2H3. The first-order valence-corrected chi connectivity index (χ1v) is 9.37. The van der Waals surface area contributed by atoms with E-state index in [2.05, 4.69) is 22.6 Å².